The van der Waals surface area contributed by atoms with Gasteiger partial charge in [0.15, 0.2) is 11.5 Å². The first-order chi connectivity index (χ1) is 13.8. The number of rotatable bonds is 7. The molecule has 1 aliphatic carbocycles. The lowest BCUT2D eigenvalue weighted by Gasteiger charge is -2.27. The van der Waals surface area contributed by atoms with Gasteiger partial charge in [0, 0.05) is 32.5 Å². The number of amides is 1. The molecule has 1 aliphatic heterocycles. The number of fused-ring (bicyclic) bond motifs is 1. The Balaban J connectivity index is 1.31. The number of nitrogens with one attached hydrogen (secondary N) is 1. The van der Waals surface area contributed by atoms with Crippen LogP contribution >= 0.6 is 0 Å². The van der Waals surface area contributed by atoms with E-state index >= 15 is 0 Å². The van der Waals surface area contributed by atoms with E-state index in [0.29, 0.717) is 38.2 Å². The first kappa shape index (κ1) is 18.9. The van der Waals surface area contributed by atoms with Gasteiger partial charge in [0.05, 0.1) is 13.2 Å². The monoisotopic (exact) mass is 384 g/mol. The Morgan fingerprint density at radius 3 is 2.86 bits per heavy atom. The molecule has 0 saturated carbocycles. The standard InChI is InChI=1S/C20H28N6O2/c27-20(21-11-10-16-4-2-1-3-5-16)9-8-18-23-22-17-6-7-19(24-26(17)18)25-12-14-28-15-13-25/h4,6-7H,1-3,5,8-15H2,(H,21,27). The summed E-state index contributed by atoms with van der Waals surface area (Å²) in [6.45, 7) is 3.80. The topological polar surface area (TPSA) is 84.7 Å². The molecular weight excluding hydrogens is 356 g/mol. The minimum Gasteiger partial charge on any atom is -0.378 e. The summed E-state index contributed by atoms with van der Waals surface area (Å²) in [6, 6.07) is 3.89. The molecule has 28 heavy (non-hydrogen) atoms. The minimum atomic E-state index is 0.0532. The fraction of sp³-hybridized carbons (Fsp3) is 0.600. The third-order valence-electron chi connectivity index (χ3n) is 5.38. The summed E-state index contributed by atoms with van der Waals surface area (Å²) in [6.07, 6.45) is 9.14. The summed E-state index contributed by atoms with van der Waals surface area (Å²) in [7, 11) is 0. The second kappa shape index (κ2) is 9.14. The summed E-state index contributed by atoms with van der Waals surface area (Å²) in [5.74, 6) is 1.66. The van der Waals surface area contributed by atoms with E-state index in [1.165, 1.54) is 31.3 Å². The maximum absolute atomic E-state index is 12.2. The van der Waals surface area contributed by atoms with Crippen molar-refractivity contribution in [1.29, 1.82) is 0 Å². The number of anilines is 1. The average Bonchev–Trinajstić information content (AvgIpc) is 3.16. The Hall–Kier alpha value is -2.48. The van der Waals surface area contributed by atoms with Gasteiger partial charge < -0.3 is 15.0 Å². The second-order valence-corrected chi connectivity index (χ2v) is 7.39. The molecule has 1 saturated heterocycles. The number of allylic oxidation sites excluding steroid dienone is 1. The van der Waals surface area contributed by atoms with Gasteiger partial charge in [-0.05, 0) is 44.2 Å². The minimum absolute atomic E-state index is 0.0532. The number of aromatic nitrogens is 4. The van der Waals surface area contributed by atoms with Gasteiger partial charge in [-0.15, -0.1) is 15.3 Å². The van der Waals surface area contributed by atoms with Crippen LogP contribution < -0.4 is 10.2 Å². The van der Waals surface area contributed by atoms with Gasteiger partial charge in [0.25, 0.3) is 0 Å². The number of morpholine rings is 1. The molecule has 0 radical (unpaired) electrons. The van der Waals surface area contributed by atoms with Gasteiger partial charge in [0.1, 0.15) is 5.82 Å². The molecule has 0 bridgehead atoms. The van der Waals surface area contributed by atoms with Gasteiger partial charge >= 0.3 is 0 Å². The van der Waals surface area contributed by atoms with Crippen molar-refractivity contribution in [3.63, 3.8) is 0 Å². The number of ether oxygens (including phenoxy) is 1. The predicted octanol–water partition coefficient (Wildman–Crippen LogP) is 1.90. The van der Waals surface area contributed by atoms with Crippen LogP contribution in [-0.2, 0) is 16.0 Å². The first-order valence-electron chi connectivity index (χ1n) is 10.3. The lowest BCUT2D eigenvalue weighted by Crippen LogP contribution is -2.37. The largest absolute Gasteiger partial charge is 0.378 e. The SMILES string of the molecule is O=C(CCc1nnc2ccc(N3CCOCC3)nn12)NCCC1=CCCCC1. The Kier molecular flexibility index (Phi) is 6.16. The molecule has 0 atom stereocenters. The molecule has 0 spiro atoms. The molecule has 1 fully saturated rings. The van der Waals surface area contributed by atoms with E-state index in [4.69, 9.17) is 4.74 Å². The van der Waals surface area contributed by atoms with Crippen LogP contribution in [0, 0.1) is 0 Å². The number of nitrogens with zero attached hydrogens (tertiary/aromatic N) is 5. The number of aryl methyl sites for hydroxylation is 1. The zero-order chi connectivity index (χ0) is 19.2. The third-order valence-corrected chi connectivity index (χ3v) is 5.38. The Labute approximate surface area is 165 Å². The highest BCUT2D eigenvalue weighted by atomic mass is 16.5. The zero-order valence-corrected chi connectivity index (χ0v) is 16.3. The normalized spacial score (nSPS) is 17.6. The summed E-state index contributed by atoms with van der Waals surface area (Å²) in [5.41, 5.74) is 2.19. The molecule has 1 N–H and O–H groups in total. The van der Waals surface area contributed by atoms with Crippen LogP contribution in [0.25, 0.3) is 5.65 Å². The quantitative estimate of drug-likeness (QED) is 0.734. The van der Waals surface area contributed by atoms with E-state index in [1.807, 2.05) is 12.1 Å². The van der Waals surface area contributed by atoms with Crippen molar-refractivity contribution in [3.8, 4) is 0 Å². The fourth-order valence-electron chi connectivity index (χ4n) is 3.75. The summed E-state index contributed by atoms with van der Waals surface area (Å²) in [4.78, 5) is 14.4. The lowest BCUT2D eigenvalue weighted by atomic mass is 9.97. The van der Waals surface area contributed by atoms with Crippen molar-refractivity contribution in [1.82, 2.24) is 25.1 Å². The Bertz CT molecular complexity index is 840. The van der Waals surface area contributed by atoms with Crippen molar-refractivity contribution < 1.29 is 9.53 Å². The van der Waals surface area contributed by atoms with Crippen molar-refractivity contribution in [2.24, 2.45) is 0 Å². The predicted molar refractivity (Wildman–Crippen MR) is 106 cm³/mol. The number of hydrogen-bond acceptors (Lipinski definition) is 6. The fourth-order valence-corrected chi connectivity index (χ4v) is 3.75. The van der Waals surface area contributed by atoms with Crippen LogP contribution in [0.15, 0.2) is 23.8 Å². The summed E-state index contributed by atoms with van der Waals surface area (Å²) >= 11 is 0. The van der Waals surface area contributed by atoms with Crippen LogP contribution in [0.4, 0.5) is 5.82 Å². The van der Waals surface area contributed by atoms with Crippen LogP contribution in [-0.4, -0.2) is 58.6 Å². The van der Waals surface area contributed by atoms with Crippen molar-refractivity contribution in [2.45, 2.75) is 44.9 Å². The second-order valence-electron chi connectivity index (χ2n) is 7.39. The van der Waals surface area contributed by atoms with E-state index in [-0.39, 0.29) is 5.91 Å². The Morgan fingerprint density at radius 2 is 2.04 bits per heavy atom. The Morgan fingerprint density at radius 1 is 1.14 bits per heavy atom. The van der Waals surface area contributed by atoms with Gasteiger partial charge in [-0.1, -0.05) is 11.6 Å². The third kappa shape index (κ3) is 4.67. The average molecular weight is 384 g/mol. The summed E-state index contributed by atoms with van der Waals surface area (Å²) in [5, 5.41) is 16.1. The molecule has 1 amide bonds. The van der Waals surface area contributed by atoms with Gasteiger partial charge in [-0.2, -0.15) is 4.52 Å². The molecule has 4 rings (SSSR count). The molecule has 2 aromatic rings. The molecule has 150 valence electrons. The number of hydrogen-bond donors (Lipinski definition) is 1. The molecule has 2 aromatic heterocycles. The smallest absolute Gasteiger partial charge is 0.220 e. The van der Waals surface area contributed by atoms with Crippen LogP contribution in [0.5, 0.6) is 0 Å². The van der Waals surface area contributed by atoms with E-state index in [2.05, 4.69) is 31.6 Å². The van der Waals surface area contributed by atoms with Crippen LogP contribution in [0.2, 0.25) is 0 Å². The van der Waals surface area contributed by atoms with Crippen molar-refractivity contribution >= 4 is 17.4 Å². The van der Waals surface area contributed by atoms with Crippen molar-refractivity contribution in [3.05, 3.63) is 29.6 Å². The molecule has 8 nitrogen and oxygen atoms in total. The van der Waals surface area contributed by atoms with Gasteiger partial charge in [-0.25, -0.2) is 0 Å². The zero-order valence-electron chi connectivity index (χ0n) is 16.3. The summed E-state index contributed by atoms with van der Waals surface area (Å²) < 4.78 is 7.16. The maximum Gasteiger partial charge on any atom is 0.220 e. The maximum atomic E-state index is 12.2. The van der Waals surface area contributed by atoms with Crippen molar-refractivity contribution in [2.75, 3.05) is 37.7 Å². The van der Waals surface area contributed by atoms with E-state index in [9.17, 15) is 4.79 Å². The highest BCUT2D eigenvalue weighted by Gasteiger charge is 2.15. The number of carbonyl (C=O) groups excluding carboxylic acids is 1. The van der Waals surface area contributed by atoms with E-state index in [1.54, 1.807) is 4.52 Å². The van der Waals surface area contributed by atoms with Crippen LogP contribution in [0.3, 0.4) is 0 Å². The van der Waals surface area contributed by atoms with E-state index in [0.717, 1.165) is 31.2 Å². The van der Waals surface area contributed by atoms with E-state index < -0.39 is 0 Å². The van der Waals surface area contributed by atoms with Gasteiger partial charge in [0.2, 0.25) is 5.91 Å². The molecule has 2 aliphatic rings. The van der Waals surface area contributed by atoms with Crippen LogP contribution in [0.1, 0.15) is 44.3 Å². The molecule has 0 aromatic carbocycles. The highest BCUT2D eigenvalue weighted by molar-refractivity contribution is 5.76. The highest BCUT2D eigenvalue weighted by Crippen LogP contribution is 2.19. The number of carbonyl (C=O) groups is 1. The molecule has 3 heterocycles. The first-order valence-corrected chi connectivity index (χ1v) is 10.3. The molecular formula is C20H28N6O2. The lowest BCUT2D eigenvalue weighted by molar-refractivity contribution is -0.121. The van der Waals surface area contributed by atoms with Gasteiger partial charge in [-0.3, -0.25) is 4.79 Å². The molecule has 0 unspecified atom stereocenters. The molecule has 8 heteroatoms.